The monoisotopic (exact) mass is 530 g/mol. The summed E-state index contributed by atoms with van der Waals surface area (Å²) >= 11 is 6.41. The molecular weight excluding hydrogens is 492 g/mol. The number of carbonyl (C=O) groups is 3. The summed E-state index contributed by atoms with van der Waals surface area (Å²) in [4.78, 5) is 37.7. The lowest BCUT2D eigenvalue weighted by Crippen LogP contribution is -2.47. The number of hydrogen-bond acceptors (Lipinski definition) is 5. The SMILES string of the molecule is CC[C@H]1C[C@H]2C[C@@H]3[C@H](CC[C@@H]4/C=C/C(O)=C5C(=O)N[C@@H](CCCNC(=O)/C=C\C[C@@H]34)C5=O)[C@H]2[C@]1(O)CCl. The van der Waals surface area contributed by atoms with E-state index in [0.717, 1.165) is 38.5 Å². The van der Waals surface area contributed by atoms with Crippen molar-refractivity contribution in [2.45, 2.75) is 69.9 Å². The number of Topliss-reactive ketones (excluding diaryl/α,β-unsaturated/α-hetero) is 1. The topological polar surface area (TPSA) is 116 Å². The van der Waals surface area contributed by atoms with Gasteiger partial charge in [-0.25, -0.2) is 0 Å². The molecular formula is C29H39ClN2O5. The molecule has 2 bridgehead atoms. The zero-order valence-electron chi connectivity index (χ0n) is 21.5. The second-order valence-electron chi connectivity index (χ2n) is 11.8. The van der Waals surface area contributed by atoms with Gasteiger partial charge in [-0.3, -0.25) is 14.4 Å². The zero-order chi connectivity index (χ0) is 26.3. The number of aliphatic hydroxyl groups is 2. The van der Waals surface area contributed by atoms with Gasteiger partial charge in [0, 0.05) is 6.54 Å². The molecule has 0 aromatic heterocycles. The molecule has 5 rings (SSSR count). The van der Waals surface area contributed by atoms with Gasteiger partial charge >= 0.3 is 0 Å². The Labute approximate surface area is 223 Å². The fourth-order valence-electron chi connectivity index (χ4n) is 8.49. The van der Waals surface area contributed by atoms with Gasteiger partial charge in [-0.1, -0.05) is 25.5 Å². The molecule has 0 unspecified atom stereocenters. The Bertz CT molecular complexity index is 1040. The molecule has 8 heteroatoms. The van der Waals surface area contributed by atoms with Crippen LogP contribution in [0.5, 0.6) is 0 Å². The summed E-state index contributed by atoms with van der Waals surface area (Å²) in [5.74, 6) is 0.920. The average Bonchev–Trinajstić information content (AvgIpc) is 3.48. The smallest absolute Gasteiger partial charge is 0.259 e. The molecule has 0 spiro atoms. The fourth-order valence-corrected chi connectivity index (χ4v) is 8.89. The van der Waals surface area contributed by atoms with Crippen molar-refractivity contribution in [1.29, 1.82) is 0 Å². The van der Waals surface area contributed by atoms with Crippen LogP contribution in [0.4, 0.5) is 0 Å². The third-order valence-electron chi connectivity index (χ3n) is 10.1. The van der Waals surface area contributed by atoms with E-state index in [-0.39, 0.29) is 52.6 Å². The first-order chi connectivity index (χ1) is 17.8. The van der Waals surface area contributed by atoms with E-state index in [4.69, 9.17) is 11.6 Å². The van der Waals surface area contributed by atoms with Gasteiger partial charge in [-0.15, -0.1) is 11.6 Å². The van der Waals surface area contributed by atoms with Gasteiger partial charge in [0.05, 0.1) is 17.5 Å². The second-order valence-corrected chi connectivity index (χ2v) is 12.1. The number of allylic oxidation sites excluding steroid dienone is 3. The van der Waals surface area contributed by atoms with Gasteiger partial charge in [-0.2, -0.15) is 0 Å². The Hall–Kier alpha value is -2.12. The highest BCUT2D eigenvalue weighted by molar-refractivity contribution is 6.27. The maximum absolute atomic E-state index is 12.8. The average molecular weight is 531 g/mol. The maximum atomic E-state index is 12.8. The molecule has 0 radical (unpaired) electrons. The van der Waals surface area contributed by atoms with E-state index >= 15 is 0 Å². The standard InChI is InChI=1S/C29H39ClN2O5/c1-2-18-13-17-14-21-19-5-3-7-24(34)31-12-4-6-22-27(35)25(28(36)32-22)23(33)11-9-16(19)8-10-20(21)26(17)29(18,37)15-30/h3,7,9,11,16-22,26,33,37H,2,4-6,8,10,12-15H2,1H3,(H,31,34)(H,32,36)/b7-3-,11-9+,25-23?/t16-,17+,18+,19-,20+,21+,22+,26+,29+/m1/s1. The number of carbonyl (C=O) groups excluding carboxylic acids is 3. The van der Waals surface area contributed by atoms with Gasteiger partial charge < -0.3 is 20.8 Å². The second kappa shape index (κ2) is 10.6. The highest BCUT2D eigenvalue weighted by Gasteiger charge is 2.62. The Balaban J connectivity index is 1.45. The molecule has 0 aromatic rings. The first-order valence-electron chi connectivity index (χ1n) is 14.0. The van der Waals surface area contributed by atoms with Crippen molar-refractivity contribution in [3.63, 3.8) is 0 Å². The summed E-state index contributed by atoms with van der Waals surface area (Å²) in [6.07, 6.45) is 13.5. The van der Waals surface area contributed by atoms with Crippen molar-refractivity contribution < 1.29 is 24.6 Å². The van der Waals surface area contributed by atoms with Crippen molar-refractivity contribution in [2.24, 2.45) is 41.4 Å². The van der Waals surface area contributed by atoms with Gasteiger partial charge in [0.15, 0.2) is 5.78 Å². The largest absolute Gasteiger partial charge is 0.507 e. The Morgan fingerprint density at radius 3 is 2.65 bits per heavy atom. The third-order valence-corrected chi connectivity index (χ3v) is 10.5. The van der Waals surface area contributed by atoms with Crippen LogP contribution in [0.15, 0.2) is 35.6 Å². The molecule has 1 saturated heterocycles. The molecule has 4 fully saturated rings. The van der Waals surface area contributed by atoms with Crippen LogP contribution in [0.25, 0.3) is 0 Å². The molecule has 2 amide bonds. The van der Waals surface area contributed by atoms with E-state index in [2.05, 4.69) is 17.6 Å². The van der Waals surface area contributed by atoms with E-state index in [9.17, 15) is 24.6 Å². The number of fused-ring (bicyclic) bond motifs is 7. The minimum absolute atomic E-state index is 0.130. The molecule has 7 nitrogen and oxygen atoms in total. The number of hydrogen-bond donors (Lipinski definition) is 4. The highest BCUT2D eigenvalue weighted by atomic mass is 35.5. The van der Waals surface area contributed by atoms with Crippen LogP contribution >= 0.6 is 11.6 Å². The molecule has 202 valence electrons. The van der Waals surface area contributed by atoms with Crippen molar-refractivity contribution in [3.8, 4) is 0 Å². The van der Waals surface area contributed by atoms with Gasteiger partial charge in [0.25, 0.3) is 5.91 Å². The summed E-state index contributed by atoms with van der Waals surface area (Å²) < 4.78 is 0. The maximum Gasteiger partial charge on any atom is 0.259 e. The molecule has 3 aliphatic carbocycles. The Morgan fingerprint density at radius 2 is 1.89 bits per heavy atom. The minimum Gasteiger partial charge on any atom is -0.507 e. The minimum atomic E-state index is -0.827. The Kier molecular flexibility index (Phi) is 7.56. The molecule has 4 N–H and O–H groups in total. The van der Waals surface area contributed by atoms with Crippen LogP contribution in [-0.4, -0.2) is 51.9 Å². The fraction of sp³-hybridized carbons (Fsp3) is 0.690. The number of ketones is 1. The van der Waals surface area contributed by atoms with Gasteiger partial charge in [0.1, 0.15) is 11.3 Å². The van der Waals surface area contributed by atoms with Crippen LogP contribution in [0.2, 0.25) is 0 Å². The van der Waals surface area contributed by atoms with E-state index in [1.165, 1.54) is 6.08 Å². The molecule has 37 heavy (non-hydrogen) atoms. The summed E-state index contributed by atoms with van der Waals surface area (Å²) in [6, 6.07) is -0.674. The lowest BCUT2D eigenvalue weighted by atomic mass is 9.62. The van der Waals surface area contributed by atoms with Crippen LogP contribution in [0, 0.1) is 41.4 Å². The summed E-state index contributed by atoms with van der Waals surface area (Å²) in [7, 11) is 0. The zero-order valence-corrected chi connectivity index (χ0v) is 22.3. The lowest BCUT2D eigenvalue weighted by molar-refractivity contribution is -0.118. The van der Waals surface area contributed by atoms with E-state index in [0.29, 0.717) is 37.1 Å². The van der Waals surface area contributed by atoms with E-state index < -0.39 is 17.6 Å². The van der Waals surface area contributed by atoms with Gasteiger partial charge in [0.2, 0.25) is 5.91 Å². The molecule has 2 aliphatic heterocycles. The normalized spacial score (nSPS) is 44.0. The van der Waals surface area contributed by atoms with E-state index in [1.807, 2.05) is 12.2 Å². The lowest BCUT2D eigenvalue weighted by Gasteiger charge is -2.44. The van der Waals surface area contributed by atoms with Crippen LogP contribution in [-0.2, 0) is 14.4 Å². The number of nitrogens with one attached hydrogen (secondary N) is 2. The summed E-state index contributed by atoms with van der Waals surface area (Å²) in [5, 5.41) is 28.0. The Morgan fingerprint density at radius 1 is 1.08 bits per heavy atom. The molecule has 2 heterocycles. The van der Waals surface area contributed by atoms with Crippen LogP contribution < -0.4 is 10.6 Å². The predicted octanol–water partition coefficient (Wildman–Crippen LogP) is 3.57. The molecule has 5 aliphatic rings. The molecule has 9 atom stereocenters. The molecule has 3 saturated carbocycles. The van der Waals surface area contributed by atoms with Gasteiger partial charge in [-0.05, 0) is 98.5 Å². The number of amides is 2. The first kappa shape index (κ1) is 26.5. The number of rotatable bonds is 2. The predicted molar refractivity (Wildman–Crippen MR) is 141 cm³/mol. The summed E-state index contributed by atoms with van der Waals surface area (Å²) in [5.41, 5.74) is -0.998. The van der Waals surface area contributed by atoms with E-state index in [1.54, 1.807) is 6.08 Å². The van der Waals surface area contributed by atoms with Crippen LogP contribution in [0.3, 0.4) is 0 Å². The summed E-state index contributed by atoms with van der Waals surface area (Å²) in [6.45, 7) is 2.54. The number of alkyl halides is 1. The number of aliphatic hydroxyl groups excluding tert-OH is 1. The quantitative estimate of drug-likeness (QED) is 0.322. The van der Waals surface area contributed by atoms with Crippen molar-refractivity contribution in [2.75, 3.05) is 12.4 Å². The highest BCUT2D eigenvalue weighted by Crippen LogP contribution is 2.64. The van der Waals surface area contributed by atoms with Crippen LogP contribution in [0.1, 0.15) is 58.3 Å². The first-order valence-corrected chi connectivity index (χ1v) is 14.5. The molecule has 0 aromatic carbocycles. The van der Waals surface area contributed by atoms with Crippen molar-refractivity contribution >= 4 is 29.2 Å². The number of halogens is 1. The third kappa shape index (κ3) is 4.67. The van der Waals surface area contributed by atoms with Crippen molar-refractivity contribution in [1.82, 2.24) is 10.6 Å². The van der Waals surface area contributed by atoms with Crippen molar-refractivity contribution in [3.05, 3.63) is 35.6 Å².